The fourth-order valence-corrected chi connectivity index (χ4v) is 3.12. The Labute approximate surface area is 131 Å². The van der Waals surface area contributed by atoms with E-state index in [9.17, 15) is 18.3 Å². The minimum Gasteiger partial charge on any atom is -0.465 e. The van der Waals surface area contributed by atoms with E-state index in [0.29, 0.717) is 10.2 Å². The zero-order valence-electron chi connectivity index (χ0n) is 11.0. The van der Waals surface area contributed by atoms with Gasteiger partial charge in [0, 0.05) is 10.2 Å². The summed E-state index contributed by atoms with van der Waals surface area (Å²) < 4.78 is 23.5. The number of hydrogen-bond donors (Lipinski definition) is 1. The Kier molecular flexibility index (Phi) is 4.64. The topological polar surface area (TPSA) is 74.7 Å². The number of nitrogens with zero attached hydrogens (tertiary/aromatic N) is 1. The smallest absolute Gasteiger partial charge is 0.412 e. The van der Waals surface area contributed by atoms with Crippen LogP contribution >= 0.6 is 15.9 Å². The van der Waals surface area contributed by atoms with Crippen LogP contribution in [0.3, 0.4) is 0 Å². The SMILES string of the molecule is CC1=CC(=S(=O)=O)C(N(C(=O)O)c2cccc(Br)c2)C=C1. The van der Waals surface area contributed by atoms with Crippen LogP contribution in [0.25, 0.3) is 0 Å². The maximum absolute atomic E-state index is 11.6. The van der Waals surface area contributed by atoms with Crippen molar-refractivity contribution >= 4 is 42.9 Å². The van der Waals surface area contributed by atoms with Gasteiger partial charge in [-0.3, -0.25) is 4.90 Å². The maximum atomic E-state index is 11.6. The first-order chi connectivity index (χ1) is 9.90. The van der Waals surface area contributed by atoms with E-state index >= 15 is 0 Å². The Morgan fingerprint density at radius 2 is 2.10 bits per heavy atom. The minimum absolute atomic E-state index is 0.0253. The lowest BCUT2D eigenvalue weighted by Gasteiger charge is -2.28. The van der Waals surface area contributed by atoms with Gasteiger partial charge < -0.3 is 5.11 Å². The normalized spacial score (nSPS) is 17.3. The Hall–Kier alpha value is -1.86. The molecule has 1 aliphatic rings. The van der Waals surface area contributed by atoms with E-state index in [1.807, 2.05) is 0 Å². The number of carbonyl (C=O) groups is 1. The molecule has 0 heterocycles. The molecule has 1 atom stereocenters. The van der Waals surface area contributed by atoms with Crippen LogP contribution in [0.1, 0.15) is 6.92 Å². The van der Waals surface area contributed by atoms with E-state index < -0.39 is 22.4 Å². The second-order valence-corrected chi connectivity index (χ2v) is 6.32. The van der Waals surface area contributed by atoms with Crippen molar-refractivity contribution in [2.75, 3.05) is 4.90 Å². The van der Waals surface area contributed by atoms with Crippen LogP contribution in [-0.4, -0.2) is 30.5 Å². The second-order valence-electron chi connectivity index (χ2n) is 4.46. The molecule has 0 saturated carbocycles. The molecule has 1 amide bonds. The van der Waals surface area contributed by atoms with Crippen LogP contribution in [0, 0.1) is 0 Å². The number of benzene rings is 1. The number of carboxylic acid groups (broad SMARTS) is 1. The van der Waals surface area contributed by atoms with Crippen molar-refractivity contribution in [2.24, 2.45) is 0 Å². The van der Waals surface area contributed by atoms with Gasteiger partial charge in [0.15, 0.2) is 0 Å². The number of amides is 1. The Morgan fingerprint density at radius 1 is 1.38 bits per heavy atom. The largest absolute Gasteiger partial charge is 0.465 e. The van der Waals surface area contributed by atoms with E-state index in [2.05, 4.69) is 15.9 Å². The minimum atomic E-state index is -2.50. The highest BCUT2D eigenvalue weighted by Gasteiger charge is 2.29. The van der Waals surface area contributed by atoms with Crippen molar-refractivity contribution < 1.29 is 18.3 Å². The van der Waals surface area contributed by atoms with Gasteiger partial charge in [-0.05, 0) is 36.8 Å². The quantitative estimate of drug-likeness (QED) is 0.813. The van der Waals surface area contributed by atoms with E-state index in [-0.39, 0.29) is 4.86 Å². The van der Waals surface area contributed by atoms with Crippen molar-refractivity contribution in [1.29, 1.82) is 0 Å². The third-order valence-corrected chi connectivity index (χ3v) is 4.20. The fourth-order valence-electron chi connectivity index (χ4n) is 2.07. The van der Waals surface area contributed by atoms with Crippen LogP contribution in [-0.2, 0) is 10.3 Å². The molecule has 21 heavy (non-hydrogen) atoms. The number of halogens is 1. The van der Waals surface area contributed by atoms with Crippen LogP contribution in [0.4, 0.5) is 10.5 Å². The first-order valence-electron chi connectivity index (χ1n) is 6.00. The zero-order valence-corrected chi connectivity index (χ0v) is 13.4. The third kappa shape index (κ3) is 3.43. The van der Waals surface area contributed by atoms with Crippen molar-refractivity contribution in [3.8, 4) is 0 Å². The van der Waals surface area contributed by atoms with Crippen LogP contribution in [0.2, 0.25) is 0 Å². The Balaban J connectivity index is 2.57. The summed E-state index contributed by atoms with van der Waals surface area (Å²) in [4.78, 5) is 12.7. The van der Waals surface area contributed by atoms with Crippen LogP contribution in [0.5, 0.6) is 0 Å². The van der Waals surface area contributed by atoms with Crippen molar-refractivity contribution in [3.05, 3.63) is 52.5 Å². The lowest BCUT2D eigenvalue weighted by atomic mass is 10.0. The molecule has 110 valence electrons. The van der Waals surface area contributed by atoms with Crippen molar-refractivity contribution in [3.63, 3.8) is 0 Å². The Bertz CT molecular complexity index is 772. The van der Waals surface area contributed by atoms with E-state index in [4.69, 9.17) is 0 Å². The van der Waals surface area contributed by atoms with E-state index in [0.717, 1.165) is 10.5 Å². The van der Waals surface area contributed by atoms with Crippen molar-refractivity contribution in [2.45, 2.75) is 13.0 Å². The first kappa shape index (κ1) is 15.5. The molecule has 7 heteroatoms. The molecule has 1 aliphatic carbocycles. The monoisotopic (exact) mass is 369 g/mol. The molecule has 5 nitrogen and oxygen atoms in total. The third-order valence-electron chi connectivity index (χ3n) is 2.97. The summed E-state index contributed by atoms with van der Waals surface area (Å²) >= 11 is 3.28. The highest BCUT2D eigenvalue weighted by molar-refractivity contribution is 9.10. The van der Waals surface area contributed by atoms with Gasteiger partial charge in [0.25, 0.3) is 0 Å². The van der Waals surface area contributed by atoms with Gasteiger partial charge in [-0.15, -0.1) is 0 Å². The molecule has 0 bridgehead atoms. The molecule has 0 saturated heterocycles. The van der Waals surface area contributed by atoms with Crippen LogP contribution < -0.4 is 4.90 Å². The van der Waals surface area contributed by atoms with Gasteiger partial charge >= 0.3 is 6.09 Å². The molecule has 1 aromatic carbocycles. The van der Waals surface area contributed by atoms with Gasteiger partial charge in [0.1, 0.15) is 0 Å². The summed E-state index contributed by atoms with van der Waals surface area (Å²) in [7, 11) is -2.50. The molecule has 1 N–H and O–H groups in total. The van der Waals surface area contributed by atoms with Crippen LogP contribution in [0.15, 0.2) is 52.5 Å². The van der Waals surface area contributed by atoms with E-state index in [1.165, 1.54) is 6.08 Å². The van der Waals surface area contributed by atoms with Gasteiger partial charge in [-0.1, -0.05) is 34.1 Å². The maximum Gasteiger partial charge on any atom is 0.412 e. The molecule has 0 radical (unpaired) electrons. The summed E-state index contributed by atoms with van der Waals surface area (Å²) in [6.07, 6.45) is 3.52. The molecule has 0 fully saturated rings. The molecular formula is C14H12BrNO4S. The molecule has 0 aromatic heterocycles. The average Bonchev–Trinajstić information content (AvgIpc) is 2.40. The summed E-state index contributed by atoms with van der Waals surface area (Å²) in [6, 6.07) is 5.82. The number of anilines is 1. The second kappa shape index (κ2) is 6.28. The number of allylic oxidation sites excluding steroid dienone is 2. The predicted molar refractivity (Wildman–Crippen MR) is 85.3 cm³/mol. The molecule has 1 aromatic rings. The standard InChI is InChI=1S/C14H12BrNO4S/c1-9-5-6-12(13(7-9)21(19)20)16(14(17)18)11-4-2-3-10(15)8-11/h2-8,12H,1H3,(H,17,18). The lowest BCUT2D eigenvalue weighted by Crippen LogP contribution is -2.44. The molecular weight excluding hydrogens is 358 g/mol. The molecule has 1 unspecified atom stereocenters. The summed E-state index contributed by atoms with van der Waals surface area (Å²) in [6.45, 7) is 1.75. The first-order valence-corrected chi connectivity index (χ1v) is 7.87. The zero-order chi connectivity index (χ0) is 15.6. The van der Waals surface area contributed by atoms with Gasteiger partial charge in [0.2, 0.25) is 10.3 Å². The predicted octanol–water partition coefficient (Wildman–Crippen LogP) is 2.87. The highest BCUT2D eigenvalue weighted by atomic mass is 79.9. The molecule has 2 rings (SSSR count). The Morgan fingerprint density at radius 3 is 2.67 bits per heavy atom. The van der Waals surface area contributed by atoms with Crippen molar-refractivity contribution in [1.82, 2.24) is 0 Å². The summed E-state index contributed by atoms with van der Waals surface area (Å²) in [5.74, 6) is 0. The summed E-state index contributed by atoms with van der Waals surface area (Å²) in [5.41, 5.74) is 1.15. The number of rotatable bonds is 2. The average molecular weight is 370 g/mol. The number of hydrogen-bond acceptors (Lipinski definition) is 3. The lowest BCUT2D eigenvalue weighted by molar-refractivity contribution is 0.201. The van der Waals surface area contributed by atoms with Gasteiger partial charge in [-0.2, -0.15) is 8.42 Å². The van der Waals surface area contributed by atoms with Gasteiger partial charge in [0.05, 0.1) is 10.9 Å². The fraction of sp³-hybridized carbons (Fsp3) is 0.143. The van der Waals surface area contributed by atoms with Gasteiger partial charge in [-0.25, -0.2) is 4.79 Å². The highest BCUT2D eigenvalue weighted by Crippen LogP contribution is 2.25. The summed E-state index contributed by atoms with van der Waals surface area (Å²) in [5, 5.41) is 9.48. The molecule has 0 spiro atoms. The van der Waals surface area contributed by atoms with E-state index in [1.54, 1.807) is 43.3 Å². The molecule has 0 aliphatic heterocycles.